The molecule has 2 amide bonds. The maximum absolute atomic E-state index is 14.9. The van der Waals surface area contributed by atoms with Crippen molar-refractivity contribution >= 4 is 35.3 Å². The van der Waals surface area contributed by atoms with Gasteiger partial charge in [-0.15, -0.1) is 0 Å². The molecule has 1 aromatic rings. The third kappa shape index (κ3) is 9.20. The van der Waals surface area contributed by atoms with Crippen LogP contribution in [0.2, 0.25) is 0 Å². The fourth-order valence-corrected chi connectivity index (χ4v) is 6.70. The van der Waals surface area contributed by atoms with Crippen LogP contribution >= 0.6 is 0 Å². The molecular formula is C34H47FN2O8. The fraction of sp³-hybridized carbons (Fsp3) is 0.647. The summed E-state index contributed by atoms with van der Waals surface area (Å²) in [4.78, 5) is 80.0. The summed E-state index contributed by atoms with van der Waals surface area (Å²) in [7, 11) is 0. The van der Waals surface area contributed by atoms with Crippen LogP contribution in [-0.4, -0.2) is 76.2 Å². The lowest BCUT2D eigenvalue weighted by Crippen LogP contribution is -2.55. The van der Waals surface area contributed by atoms with Gasteiger partial charge in [-0.05, 0) is 56.9 Å². The third-order valence-corrected chi connectivity index (χ3v) is 8.94. The summed E-state index contributed by atoms with van der Waals surface area (Å²) in [5.41, 5.74) is 0.723. The topological polar surface area (TPSA) is 147 Å². The lowest BCUT2D eigenvalue weighted by Gasteiger charge is -2.32. The van der Waals surface area contributed by atoms with Gasteiger partial charge in [-0.25, -0.2) is 9.18 Å². The van der Waals surface area contributed by atoms with Crippen LogP contribution in [0.1, 0.15) is 78.7 Å². The number of carboxylic acid groups (broad SMARTS) is 1. The number of ether oxygens (including phenoxy) is 1. The summed E-state index contributed by atoms with van der Waals surface area (Å²) >= 11 is 0. The predicted molar refractivity (Wildman–Crippen MR) is 164 cm³/mol. The second-order valence-corrected chi connectivity index (χ2v) is 13.0. The van der Waals surface area contributed by atoms with Gasteiger partial charge in [-0.2, -0.15) is 0 Å². The molecule has 7 atom stereocenters. The van der Waals surface area contributed by atoms with Crippen LogP contribution in [0.4, 0.5) is 9.18 Å². The molecular weight excluding hydrogens is 583 g/mol. The monoisotopic (exact) mass is 630 g/mol. The number of amides is 2. The van der Waals surface area contributed by atoms with E-state index in [0.29, 0.717) is 12.8 Å². The Hall–Kier alpha value is -3.63. The number of carbonyl (C=O) groups is 6. The lowest BCUT2D eigenvalue weighted by molar-refractivity contribution is -0.146. The maximum Gasteiger partial charge on any atom is 0.408 e. The van der Waals surface area contributed by atoms with Gasteiger partial charge in [0.05, 0.1) is 18.1 Å². The summed E-state index contributed by atoms with van der Waals surface area (Å²) < 4.78 is 20.1. The molecule has 1 aromatic carbocycles. The van der Waals surface area contributed by atoms with E-state index in [4.69, 9.17) is 4.74 Å². The molecule has 248 valence electrons. The molecule has 3 rings (SSSR count). The number of fused-ring (bicyclic) bond motifs is 1. The standard InChI is InChI=1S/C34H47FN2O8/c1-6-10-22(31(40)28(39)17-23(33(42)43)15-21-11-8-7-9-12-21)16-27(38)30-24-13-14-26(35)25(24)18-37(30)32(41)29(19(2)3)36-34(44)45-20(4)5/h7-9,11-12,19-20,22-26,29-30H,6,10,13-18H2,1-5H3,(H,36,44)(H,42,43)/t22?,23-,24-,25-,26-,29-,30?/m0/s1. The number of likely N-dealkylation sites (tertiary alicyclic amines) is 1. The van der Waals surface area contributed by atoms with E-state index in [2.05, 4.69) is 5.32 Å². The van der Waals surface area contributed by atoms with E-state index in [1.807, 2.05) is 6.92 Å². The highest BCUT2D eigenvalue weighted by molar-refractivity contribution is 6.38. The van der Waals surface area contributed by atoms with Crippen molar-refractivity contribution in [2.24, 2.45) is 29.6 Å². The number of rotatable bonds is 16. The number of Topliss-reactive ketones (excluding diaryl/α,β-unsaturated/α-hetero) is 3. The number of alkyl carbamates (subject to hydrolysis) is 1. The van der Waals surface area contributed by atoms with Crippen LogP contribution in [0, 0.1) is 29.6 Å². The van der Waals surface area contributed by atoms with Crippen molar-refractivity contribution in [2.75, 3.05) is 6.54 Å². The third-order valence-electron chi connectivity index (χ3n) is 8.94. The Bertz CT molecular complexity index is 1240. The molecule has 1 aliphatic carbocycles. The highest BCUT2D eigenvalue weighted by Gasteiger charge is 2.54. The largest absolute Gasteiger partial charge is 0.481 e. The number of carboxylic acids is 1. The maximum atomic E-state index is 14.9. The van der Waals surface area contributed by atoms with Gasteiger partial charge in [0.25, 0.3) is 0 Å². The number of nitrogens with one attached hydrogen (secondary N) is 1. The predicted octanol–water partition coefficient (Wildman–Crippen LogP) is 4.57. The molecule has 2 N–H and O–H groups in total. The van der Waals surface area contributed by atoms with Crippen LogP contribution in [0.3, 0.4) is 0 Å². The first-order valence-corrected chi connectivity index (χ1v) is 16.0. The summed E-state index contributed by atoms with van der Waals surface area (Å²) in [6.45, 7) is 8.66. The Balaban J connectivity index is 1.80. The number of benzene rings is 1. The summed E-state index contributed by atoms with van der Waals surface area (Å²) in [6.07, 6.45) is -1.74. The first-order valence-electron chi connectivity index (χ1n) is 16.0. The molecule has 2 aliphatic rings. The zero-order valence-corrected chi connectivity index (χ0v) is 26.9. The summed E-state index contributed by atoms with van der Waals surface area (Å²) in [6, 6.07) is 6.80. The highest BCUT2D eigenvalue weighted by atomic mass is 19.1. The van der Waals surface area contributed by atoms with Gasteiger partial charge >= 0.3 is 12.1 Å². The molecule has 0 spiro atoms. The number of nitrogens with zero attached hydrogens (tertiary/aromatic N) is 1. The SMILES string of the molecule is CCCC(CC(=O)C1[C@H]2CC[C@H](F)[C@H]2CN1C(=O)[C@@H](NC(=O)OC(C)C)C(C)C)C(=O)C(=O)C[C@H](Cc1ccccc1)C(=O)O. The average Bonchev–Trinajstić information content (AvgIpc) is 3.53. The molecule has 1 heterocycles. The molecule has 10 nitrogen and oxygen atoms in total. The van der Waals surface area contributed by atoms with Crippen molar-refractivity contribution in [3.8, 4) is 0 Å². The summed E-state index contributed by atoms with van der Waals surface area (Å²) in [5, 5.41) is 12.3. The molecule has 11 heteroatoms. The van der Waals surface area contributed by atoms with Crippen molar-refractivity contribution in [2.45, 2.75) is 104 Å². The molecule has 0 aromatic heterocycles. The Kier molecular flexibility index (Phi) is 12.8. The van der Waals surface area contributed by atoms with Gasteiger partial charge < -0.3 is 20.1 Å². The second kappa shape index (κ2) is 16.1. The quantitative estimate of drug-likeness (QED) is 0.253. The summed E-state index contributed by atoms with van der Waals surface area (Å²) in [5.74, 6) is -7.24. The Morgan fingerprint density at radius 1 is 0.978 bits per heavy atom. The van der Waals surface area contributed by atoms with E-state index in [9.17, 15) is 38.3 Å². The first kappa shape index (κ1) is 35.8. The minimum Gasteiger partial charge on any atom is -0.481 e. The number of halogens is 1. The van der Waals surface area contributed by atoms with E-state index in [1.165, 1.54) is 4.90 Å². The van der Waals surface area contributed by atoms with E-state index >= 15 is 0 Å². The van der Waals surface area contributed by atoms with Gasteiger partial charge in [0, 0.05) is 31.2 Å². The number of hydrogen-bond donors (Lipinski definition) is 2. The molecule has 1 aliphatic heterocycles. The Morgan fingerprint density at radius 2 is 1.64 bits per heavy atom. The van der Waals surface area contributed by atoms with Crippen molar-refractivity contribution in [3.05, 3.63) is 35.9 Å². The van der Waals surface area contributed by atoms with Crippen LogP contribution in [0.15, 0.2) is 30.3 Å². The van der Waals surface area contributed by atoms with Gasteiger partial charge in [0.2, 0.25) is 11.7 Å². The van der Waals surface area contributed by atoms with Crippen LogP contribution in [0.5, 0.6) is 0 Å². The highest BCUT2D eigenvalue weighted by Crippen LogP contribution is 2.45. The smallest absolute Gasteiger partial charge is 0.408 e. The van der Waals surface area contributed by atoms with E-state index in [0.717, 1.165) is 5.56 Å². The number of alkyl halides is 1. The number of ketones is 3. The number of aliphatic carboxylic acids is 1. The minimum absolute atomic E-state index is 0.0102. The molecule has 2 fully saturated rings. The number of carbonyl (C=O) groups excluding carboxylic acids is 5. The van der Waals surface area contributed by atoms with Crippen LogP contribution < -0.4 is 5.32 Å². The number of hydrogen-bond acceptors (Lipinski definition) is 7. The van der Waals surface area contributed by atoms with Crippen molar-refractivity contribution in [1.29, 1.82) is 0 Å². The zero-order valence-electron chi connectivity index (χ0n) is 26.9. The lowest BCUT2D eigenvalue weighted by atomic mass is 9.83. The molecule has 0 bridgehead atoms. The van der Waals surface area contributed by atoms with Gasteiger partial charge in [0.1, 0.15) is 12.2 Å². The minimum atomic E-state index is -1.19. The van der Waals surface area contributed by atoms with Crippen molar-refractivity contribution in [3.63, 3.8) is 0 Å². The molecule has 0 radical (unpaired) electrons. The molecule has 1 saturated carbocycles. The fourth-order valence-electron chi connectivity index (χ4n) is 6.70. The molecule has 1 saturated heterocycles. The normalized spacial score (nSPS) is 22.9. The second-order valence-electron chi connectivity index (χ2n) is 13.0. The zero-order chi connectivity index (χ0) is 33.4. The van der Waals surface area contributed by atoms with E-state index in [1.54, 1.807) is 58.0 Å². The Labute approximate surface area is 264 Å². The van der Waals surface area contributed by atoms with Crippen molar-refractivity contribution < 1.29 is 43.0 Å². The van der Waals surface area contributed by atoms with E-state index in [-0.39, 0.29) is 38.1 Å². The van der Waals surface area contributed by atoms with Gasteiger partial charge in [0.15, 0.2) is 11.6 Å². The van der Waals surface area contributed by atoms with Crippen molar-refractivity contribution in [1.82, 2.24) is 10.2 Å². The van der Waals surface area contributed by atoms with Crippen LogP contribution in [0.25, 0.3) is 0 Å². The van der Waals surface area contributed by atoms with Gasteiger partial charge in [-0.1, -0.05) is 57.5 Å². The van der Waals surface area contributed by atoms with E-state index < -0.39 is 89.8 Å². The average molecular weight is 631 g/mol. The Morgan fingerprint density at radius 3 is 2.22 bits per heavy atom. The molecule has 2 unspecified atom stereocenters. The molecule has 45 heavy (non-hydrogen) atoms. The van der Waals surface area contributed by atoms with Crippen LogP contribution in [-0.2, 0) is 35.1 Å². The van der Waals surface area contributed by atoms with Gasteiger partial charge in [-0.3, -0.25) is 24.0 Å². The first-order chi connectivity index (χ1) is 21.2.